The van der Waals surface area contributed by atoms with Crippen LogP contribution in [0.25, 0.3) is 6.08 Å². The summed E-state index contributed by atoms with van der Waals surface area (Å²) in [6.07, 6.45) is 6.23. The molecule has 0 aliphatic heterocycles. The third-order valence-electron chi connectivity index (χ3n) is 3.45. The van der Waals surface area contributed by atoms with E-state index in [4.69, 9.17) is 9.47 Å². The Balaban J connectivity index is 2.23. The number of ether oxygens (including phenoxy) is 2. The lowest BCUT2D eigenvalue weighted by Gasteiger charge is -2.16. The minimum Gasteiger partial charge on any atom is -0.493 e. The minimum atomic E-state index is -0.401. The summed E-state index contributed by atoms with van der Waals surface area (Å²) in [4.78, 5) is 10.3. The van der Waals surface area contributed by atoms with Crippen molar-refractivity contribution in [2.24, 2.45) is 0 Å². The fourth-order valence-electron chi connectivity index (χ4n) is 2.35. The molecule has 0 spiro atoms. The Hall–Kier alpha value is -2.04. The Morgan fingerprint density at radius 2 is 2.05 bits per heavy atom. The maximum atomic E-state index is 10.7. The first kappa shape index (κ1) is 14.4. The largest absolute Gasteiger partial charge is 0.493 e. The summed E-state index contributed by atoms with van der Waals surface area (Å²) in [6, 6.07) is 5.36. The van der Waals surface area contributed by atoms with E-state index in [9.17, 15) is 10.1 Å². The van der Waals surface area contributed by atoms with Crippen LogP contribution in [-0.4, -0.2) is 18.1 Å². The molecule has 0 unspecified atom stereocenters. The average Bonchev–Trinajstić information content (AvgIpc) is 2.92. The van der Waals surface area contributed by atoms with Gasteiger partial charge in [-0.3, -0.25) is 10.1 Å². The second kappa shape index (κ2) is 6.41. The molecule has 5 nitrogen and oxygen atoms in total. The fraction of sp³-hybridized carbons (Fsp3) is 0.467. The van der Waals surface area contributed by atoms with Crippen molar-refractivity contribution in [3.63, 3.8) is 0 Å². The molecule has 0 atom stereocenters. The first-order valence-corrected chi connectivity index (χ1v) is 6.77. The molecule has 1 fully saturated rings. The van der Waals surface area contributed by atoms with Gasteiger partial charge in [-0.15, -0.1) is 0 Å². The maximum absolute atomic E-state index is 10.7. The Labute approximate surface area is 118 Å². The fourth-order valence-corrected chi connectivity index (χ4v) is 2.35. The molecule has 0 N–H and O–H groups in total. The van der Waals surface area contributed by atoms with Crippen LogP contribution in [0, 0.1) is 10.1 Å². The predicted octanol–water partition coefficient (Wildman–Crippen LogP) is 3.65. The van der Waals surface area contributed by atoms with Gasteiger partial charge < -0.3 is 9.47 Å². The van der Waals surface area contributed by atoms with Crippen molar-refractivity contribution in [3.8, 4) is 11.5 Å². The summed E-state index contributed by atoms with van der Waals surface area (Å²) in [5, 5.41) is 10.7. The molecular formula is C15H19NO4. The Morgan fingerprint density at radius 1 is 1.35 bits per heavy atom. The average molecular weight is 277 g/mol. The highest BCUT2D eigenvalue weighted by Crippen LogP contribution is 2.32. The Kier molecular flexibility index (Phi) is 4.61. The molecule has 1 aromatic carbocycles. The van der Waals surface area contributed by atoms with E-state index in [2.05, 4.69) is 0 Å². The van der Waals surface area contributed by atoms with Gasteiger partial charge >= 0.3 is 0 Å². The van der Waals surface area contributed by atoms with E-state index in [1.54, 1.807) is 25.3 Å². The summed E-state index contributed by atoms with van der Waals surface area (Å²) < 4.78 is 11.2. The topological polar surface area (TPSA) is 61.6 Å². The van der Waals surface area contributed by atoms with E-state index < -0.39 is 4.92 Å². The first-order valence-electron chi connectivity index (χ1n) is 6.77. The van der Waals surface area contributed by atoms with Crippen LogP contribution in [0.3, 0.4) is 0 Å². The lowest BCUT2D eigenvalue weighted by molar-refractivity contribution is -0.422. The van der Waals surface area contributed by atoms with Crippen molar-refractivity contribution in [2.75, 3.05) is 7.11 Å². The number of nitro groups is 1. The molecule has 0 bridgehead atoms. The van der Waals surface area contributed by atoms with Gasteiger partial charge in [0.1, 0.15) is 0 Å². The molecule has 1 aliphatic carbocycles. The number of rotatable bonds is 5. The SMILES string of the molecule is COc1ccc(C=C(C)[N+](=O)[O-])cc1OC1CCCC1. The molecular weight excluding hydrogens is 258 g/mol. The number of methoxy groups -OCH3 is 1. The summed E-state index contributed by atoms with van der Waals surface area (Å²) in [7, 11) is 1.59. The summed E-state index contributed by atoms with van der Waals surface area (Å²) in [5.74, 6) is 1.32. The van der Waals surface area contributed by atoms with Crippen molar-refractivity contribution in [1.82, 2.24) is 0 Å². The molecule has 1 saturated carbocycles. The monoisotopic (exact) mass is 277 g/mol. The van der Waals surface area contributed by atoms with Crippen LogP contribution >= 0.6 is 0 Å². The molecule has 2 rings (SSSR count). The van der Waals surface area contributed by atoms with E-state index in [-0.39, 0.29) is 11.8 Å². The van der Waals surface area contributed by atoms with Crippen molar-refractivity contribution < 1.29 is 14.4 Å². The second-order valence-electron chi connectivity index (χ2n) is 4.98. The summed E-state index contributed by atoms with van der Waals surface area (Å²) in [5.41, 5.74) is 0.843. The number of allylic oxidation sites excluding steroid dienone is 1. The molecule has 0 amide bonds. The van der Waals surface area contributed by atoms with Crippen LogP contribution in [0.1, 0.15) is 38.2 Å². The lowest BCUT2D eigenvalue weighted by Crippen LogP contribution is -2.11. The number of benzene rings is 1. The number of hydrogen-bond acceptors (Lipinski definition) is 4. The highest BCUT2D eigenvalue weighted by Gasteiger charge is 2.18. The number of hydrogen-bond donors (Lipinski definition) is 0. The standard InChI is InChI=1S/C15H19NO4/c1-11(16(17)18)9-12-7-8-14(19-2)15(10-12)20-13-5-3-4-6-13/h7-10,13H,3-6H2,1-2H3. The van der Waals surface area contributed by atoms with Crippen molar-refractivity contribution in [2.45, 2.75) is 38.7 Å². The van der Waals surface area contributed by atoms with Gasteiger partial charge in [0.25, 0.3) is 0 Å². The third-order valence-corrected chi connectivity index (χ3v) is 3.45. The number of nitrogens with zero attached hydrogens (tertiary/aromatic N) is 1. The van der Waals surface area contributed by atoms with Crippen molar-refractivity contribution in [1.29, 1.82) is 0 Å². The zero-order valence-electron chi connectivity index (χ0n) is 11.8. The van der Waals surface area contributed by atoms with Crippen LogP contribution in [0.15, 0.2) is 23.9 Å². The second-order valence-corrected chi connectivity index (χ2v) is 4.98. The zero-order chi connectivity index (χ0) is 14.5. The van der Waals surface area contributed by atoms with E-state index in [1.165, 1.54) is 25.8 Å². The van der Waals surface area contributed by atoms with Gasteiger partial charge in [0.2, 0.25) is 5.70 Å². The molecule has 0 aromatic heterocycles. The highest BCUT2D eigenvalue weighted by atomic mass is 16.6. The maximum Gasteiger partial charge on any atom is 0.243 e. The molecule has 0 saturated heterocycles. The lowest BCUT2D eigenvalue weighted by atomic mass is 10.1. The normalized spacial score (nSPS) is 16.2. The summed E-state index contributed by atoms with van der Waals surface area (Å²) >= 11 is 0. The molecule has 5 heteroatoms. The van der Waals surface area contributed by atoms with Crippen molar-refractivity contribution in [3.05, 3.63) is 39.6 Å². The minimum absolute atomic E-state index is 0.0991. The van der Waals surface area contributed by atoms with Gasteiger partial charge in [-0.2, -0.15) is 0 Å². The van der Waals surface area contributed by atoms with E-state index in [0.29, 0.717) is 11.5 Å². The van der Waals surface area contributed by atoms with Gasteiger partial charge in [-0.25, -0.2) is 0 Å². The van der Waals surface area contributed by atoms with Gasteiger partial charge in [0, 0.05) is 13.0 Å². The molecule has 1 aliphatic rings. The van der Waals surface area contributed by atoms with Crippen LogP contribution in [0.5, 0.6) is 11.5 Å². The summed E-state index contributed by atoms with van der Waals surface area (Å²) in [6.45, 7) is 1.47. The van der Waals surface area contributed by atoms with E-state index >= 15 is 0 Å². The van der Waals surface area contributed by atoms with Gasteiger partial charge in [-0.05, 0) is 43.4 Å². The molecule has 0 heterocycles. The Morgan fingerprint density at radius 3 is 2.65 bits per heavy atom. The molecule has 1 aromatic rings. The van der Waals surface area contributed by atoms with Crippen LogP contribution in [0.2, 0.25) is 0 Å². The highest BCUT2D eigenvalue weighted by molar-refractivity contribution is 5.56. The Bertz CT molecular complexity index is 519. The van der Waals surface area contributed by atoms with Gasteiger partial charge in [0.05, 0.1) is 18.1 Å². The van der Waals surface area contributed by atoms with E-state index in [1.807, 2.05) is 0 Å². The van der Waals surface area contributed by atoms with Gasteiger partial charge in [-0.1, -0.05) is 6.07 Å². The first-order chi connectivity index (χ1) is 9.60. The molecule has 108 valence electrons. The quantitative estimate of drug-likeness (QED) is 0.608. The van der Waals surface area contributed by atoms with Crippen LogP contribution < -0.4 is 9.47 Å². The zero-order valence-corrected chi connectivity index (χ0v) is 11.8. The van der Waals surface area contributed by atoms with Gasteiger partial charge in [0.15, 0.2) is 11.5 Å². The van der Waals surface area contributed by atoms with Crippen molar-refractivity contribution >= 4 is 6.08 Å². The van der Waals surface area contributed by atoms with Crippen LogP contribution in [0.4, 0.5) is 0 Å². The smallest absolute Gasteiger partial charge is 0.243 e. The molecule has 20 heavy (non-hydrogen) atoms. The predicted molar refractivity (Wildman–Crippen MR) is 76.5 cm³/mol. The van der Waals surface area contributed by atoms with Crippen LogP contribution in [-0.2, 0) is 0 Å². The third kappa shape index (κ3) is 3.50. The molecule has 0 radical (unpaired) electrons. The van der Waals surface area contributed by atoms with E-state index in [0.717, 1.165) is 18.4 Å².